The minimum absolute atomic E-state index is 0.0919. The van der Waals surface area contributed by atoms with E-state index in [1.54, 1.807) is 17.2 Å². The maximum atomic E-state index is 12.8. The summed E-state index contributed by atoms with van der Waals surface area (Å²) in [5.74, 6) is 0.321. The van der Waals surface area contributed by atoms with E-state index < -0.39 is 5.79 Å². The van der Waals surface area contributed by atoms with Gasteiger partial charge >= 0.3 is 5.69 Å². The molecule has 3 aromatic carbocycles. The number of aryl methyl sites for hydroxylation is 2. The van der Waals surface area contributed by atoms with Crippen molar-refractivity contribution in [2.24, 2.45) is 7.05 Å². The maximum Gasteiger partial charge on any atom is 0.350 e. The highest BCUT2D eigenvalue weighted by Gasteiger charge is 2.44. The number of anilines is 2. The Morgan fingerprint density at radius 2 is 1.57 bits per heavy atom. The number of aromatic nitrogens is 6. The molecule has 0 saturated carbocycles. The number of halogens is 1. The lowest BCUT2D eigenvalue weighted by atomic mass is 10.1. The third-order valence-corrected chi connectivity index (χ3v) is 10.7. The van der Waals surface area contributed by atoms with E-state index in [-0.39, 0.29) is 11.8 Å². The summed E-state index contributed by atoms with van der Waals surface area (Å²) in [6, 6.07) is 23.9. The first-order valence-electron chi connectivity index (χ1n) is 17.4. The van der Waals surface area contributed by atoms with Gasteiger partial charge in [-0.25, -0.2) is 4.79 Å². The normalized spacial score (nSPS) is 19.2. The highest BCUT2D eigenvalue weighted by Crippen LogP contribution is 2.39. The fraction of sp³-hybridized carbons (Fsp3) is 0.405. The molecule has 2 fully saturated rings. The minimum Gasteiger partial charge on any atom is -0.491 e. The Bertz CT molecular complexity index is 1920. The van der Waals surface area contributed by atoms with Gasteiger partial charge in [-0.05, 0) is 67.1 Å². The molecule has 2 saturated heterocycles. The summed E-state index contributed by atoms with van der Waals surface area (Å²) in [6.45, 7) is 7.20. The Morgan fingerprint density at radius 1 is 0.902 bits per heavy atom. The van der Waals surface area contributed by atoms with Crippen LogP contribution in [0, 0.1) is 0 Å². The van der Waals surface area contributed by atoms with Gasteiger partial charge in [-0.15, -0.1) is 10.2 Å². The molecule has 0 aliphatic carbocycles. The highest BCUT2D eigenvalue weighted by molar-refractivity contribution is 7.99. The summed E-state index contributed by atoms with van der Waals surface area (Å²) in [5, 5.41) is 14.0. The number of hydrogen-bond donors (Lipinski definition) is 0. The summed E-state index contributed by atoms with van der Waals surface area (Å²) < 4.78 is 24.1. The van der Waals surface area contributed by atoms with Crippen LogP contribution in [0.4, 0.5) is 11.4 Å². The van der Waals surface area contributed by atoms with Gasteiger partial charge in [-0.2, -0.15) is 9.78 Å². The van der Waals surface area contributed by atoms with Crippen molar-refractivity contribution < 1.29 is 14.2 Å². The van der Waals surface area contributed by atoms with Gasteiger partial charge in [0.25, 0.3) is 0 Å². The quantitative estimate of drug-likeness (QED) is 0.103. The van der Waals surface area contributed by atoms with Crippen LogP contribution in [0.15, 0.2) is 95.4 Å². The topological polar surface area (TPSA) is 105 Å². The predicted octanol–water partition coefficient (Wildman–Crippen LogP) is 5.77. The summed E-state index contributed by atoms with van der Waals surface area (Å²) >= 11 is 7.70. The lowest BCUT2D eigenvalue weighted by molar-refractivity contribution is -0.160. The predicted molar refractivity (Wildman–Crippen MR) is 199 cm³/mol. The Labute approximate surface area is 306 Å². The average molecular weight is 731 g/mol. The van der Waals surface area contributed by atoms with Gasteiger partial charge in [-0.3, -0.25) is 4.57 Å². The third kappa shape index (κ3) is 8.12. The van der Waals surface area contributed by atoms with Crippen molar-refractivity contribution in [1.29, 1.82) is 0 Å². The van der Waals surface area contributed by atoms with Gasteiger partial charge in [0.1, 0.15) is 31.1 Å². The number of hydrogen-bond acceptors (Lipinski definition) is 10. The number of rotatable bonds is 14. The zero-order chi connectivity index (χ0) is 35.2. The molecule has 7 rings (SSSR count). The fourth-order valence-electron chi connectivity index (χ4n) is 6.39. The van der Waals surface area contributed by atoms with E-state index in [1.807, 2.05) is 60.1 Å². The number of ether oxygens (including phenoxy) is 3. The molecule has 2 atom stereocenters. The van der Waals surface area contributed by atoms with E-state index in [2.05, 4.69) is 56.3 Å². The van der Waals surface area contributed by atoms with Crippen LogP contribution >= 0.6 is 23.4 Å². The van der Waals surface area contributed by atoms with Gasteiger partial charge in [-0.1, -0.05) is 55.3 Å². The summed E-state index contributed by atoms with van der Waals surface area (Å²) in [4.78, 5) is 17.6. The Morgan fingerprint density at radius 3 is 2.22 bits per heavy atom. The van der Waals surface area contributed by atoms with Crippen molar-refractivity contribution in [2.45, 2.75) is 49.8 Å². The van der Waals surface area contributed by atoms with Gasteiger partial charge in [0.15, 0.2) is 5.16 Å². The molecule has 4 heterocycles. The van der Waals surface area contributed by atoms with Gasteiger partial charge in [0.05, 0.1) is 18.0 Å². The molecular formula is C37H43ClN8O4S. The Hall–Kier alpha value is -4.30. The van der Waals surface area contributed by atoms with Gasteiger partial charge in [0.2, 0.25) is 5.79 Å². The number of benzene rings is 3. The molecule has 2 aromatic heterocycles. The molecule has 51 heavy (non-hydrogen) atoms. The third-order valence-electron chi connectivity index (χ3n) is 9.32. The van der Waals surface area contributed by atoms with E-state index in [0.29, 0.717) is 30.5 Å². The molecule has 0 N–H and O–H groups in total. The molecule has 14 heteroatoms. The Kier molecular flexibility index (Phi) is 11.0. The SMILES string of the molecule is CCCCCn1cnn(-c2ccc(N3CCN(c4ccc(OC[C@@H]5CO[C@@](CSc6nncn6C)(c6ccc(Cl)cc6)O5)cc4)CC3)cc2)c1=O. The monoisotopic (exact) mass is 730 g/mol. The largest absolute Gasteiger partial charge is 0.491 e. The van der Waals surface area contributed by atoms with E-state index in [0.717, 1.165) is 79.0 Å². The molecule has 0 amide bonds. The summed E-state index contributed by atoms with van der Waals surface area (Å²) in [5.41, 5.74) is 3.88. The molecular weight excluding hydrogens is 688 g/mol. The van der Waals surface area contributed by atoms with E-state index >= 15 is 0 Å². The average Bonchev–Trinajstić information content (AvgIpc) is 3.89. The molecule has 0 unspecified atom stereocenters. The smallest absolute Gasteiger partial charge is 0.350 e. The first kappa shape index (κ1) is 35.1. The zero-order valence-corrected chi connectivity index (χ0v) is 30.5. The lowest BCUT2D eigenvalue weighted by Crippen LogP contribution is -2.46. The van der Waals surface area contributed by atoms with Crippen molar-refractivity contribution in [3.05, 3.63) is 107 Å². The first-order valence-corrected chi connectivity index (χ1v) is 18.8. The number of nitrogens with zero attached hydrogens (tertiary/aromatic N) is 8. The minimum atomic E-state index is -0.958. The molecule has 12 nitrogen and oxygen atoms in total. The second kappa shape index (κ2) is 15.9. The lowest BCUT2D eigenvalue weighted by Gasteiger charge is -2.37. The number of thioether (sulfide) groups is 1. The molecule has 0 bridgehead atoms. The summed E-state index contributed by atoms with van der Waals surface area (Å²) in [6.07, 6.45) is 6.27. The fourth-order valence-corrected chi connectivity index (χ4v) is 7.51. The second-order valence-corrected chi connectivity index (χ2v) is 14.2. The highest BCUT2D eigenvalue weighted by atomic mass is 35.5. The van der Waals surface area contributed by atoms with Crippen molar-refractivity contribution in [1.82, 2.24) is 29.1 Å². The second-order valence-electron chi connectivity index (χ2n) is 12.8. The van der Waals surface area contributed by atoms with Gasteiger partial charge < -0.3 is 28.6 Å². The zero-order valence-electron chi connectivity index (χ0n) is 28.9. The van der Waals surface area contributed by atoms with Crippen LogP contribution in [-0.4, -0.2) is 80.4 Å². The molecule has 2 aliphatic heterocycles. The summed E-state index contributed by atoms with van der Waals surface area (Å²) in [7, 11) is 1.91. The van der Waals surface area contributed by atoms with Crippen LogP contribution in [0.25, 0.3) is 5.69 Å². The van der Waals surface area contributed by atoms with Crippen molar-refractivity contribution in [3.63, 3.8) is 0 Å². The van der Waals surface area contributed by atoms with Gasteiger partial charge in [0, 0.05) is 61.7 Å². The van der Waals surface area contributed by atoms with Crippen molar-refractivity contribution in [3.8, 4) is 11.4 Å². The molecule has 0 spiro atoms. The molecule has 0 radical (unpaired) electrons. The first-order chi connectivity index (χ1) is 24.9. The van der Waals surface area contributed by atoms with Crippen molar-refractivity contribution >= 4 is 34.7 Å². The molecule has 2 aliphatic rings. The van der Waals surface area contributed by atoms with Crippen LogP contribution in [0.5, 0.6) is 5.75 Å². The Balaban J connectivity index is 0.901. The van der Waals surface area contributed by atoms with Crippen LogP contribution in [0.1, 0.15) is 31.7 Å². The van der Waals surface area contributed by atoms with Crippen LogP contribution in [-0.2, 0) is 28.9 Å². The van der Waals surface area contributed by atoms with E-state index in [1.165, 1.54) is 16.4 Å². The number of unbranched alkanes of at least 4 members (excludes halogenated alkanes) is 2. The van der Waals surface area contributed by atoms with Crippen LogP contribution < -0.4 is 20.2 Å². The maximum absolute atomic E-state index is 12.8. The van der Waals surface area contributed by atoms with E-state index in [4.69, 9.17) is 25.8 Å². The number of piperazine rings is 1. The molecule has 5 aromatic rings. The van der Waals surface area contributed by atoms with Crippen LogP contribution in [0.3, 0.4) is 0 Å². The van der Waals surface area contributed by atoms with E-state index in [9.17, 15) is 4.79 Å². The van der Waals surface area contributed by atoms with Crippen molar-refractivity contribution in [2.75, 3.05) is 54.9 Å². The van der Waals surface area contributed by atoms with Crippen LogP contribution in [0.2, 0.25) is 5.02 Å². The standard InChI is InChI=1S/C37H43ClN8O4S/c1-3-4-5-18-45-27-40-46(36(45)47)32-12-10-30(11-13-32)43-19-21-44(22-20-43)31-14-16-33(17-15-31)48-23-34-24-49-37(50-34,28-6-8-29(38)9-7-28)25-51-35-41-39-26-42(35)2/h6-17,26-27,34H,3-5,18-25H2,1-2H3/t34-,37-/m1/s1. The molecule has 268 valence electrons.